The number of amides is 1. The number of unbranched alkanes of at least 4 members (excludes halogenated alkanes) is 1. The second kappa shape index (κ2) is 15.8. The van der Waals surface area contributed by atoms with Crippen molar-refractivity contribution in [1.29, 1.82) is 0 Å². The summed E-state index contributed by atoms with van der Waals surface area (Å²) in [5.41, 5.74) is 6.92. The van der Waals surface area contributed by atoms with Crippen molar-refractivity contribution in [1.82, 2.24) is 9.88 Å². The van der Waals surface area contributed by atoms with Crippen molar-refractivity contribution in [2.75, 3.05) is 23.7 Å². The topological polar surface area (TPSA) is 153 Å². The first kappa shape index (κ1) is 36.2. The summed E-state index contributed by atoms with van der Waals surface area (Å²) in [4.78, 5) is 31.3. The van der Waals surface area contributed by atoms with Gasteiger partial charge in [0.05, 0.1) is 16.3 Å². The number of carbonyl (C=O) groups is 2. The SMILES string of the molecule is CC(C)N(CCNc1ccc(S(=O)(=O)Oc2ccc3nc(NC(=O)C(N)CCCCC(=O)OC(C)(C)C)sc3c2)cc1)C(C)C. The third-order valence-corrected chi connectivity index (χ3v) is 9.06. The lowest BCUT2D eigenvalue weighted by atomic mass is 10.1. The number of fused-ring (bicyclic) bond motifs is 1. The highest BCUT2D eigenvalue weighted by Crippen LogP contribution is 2.31. The summed E-state index contributed by atoms with van der Waals surface area (Å²) >= 11 is 1.18. The number of thiazole rings is 1. The number of hydrogen-bond acceptors (Lipinski definition) is 11. The van der Waals surface area contributed by atoms with Gasteiger partial charge in [0.1, 0.15) is 16.2 Å². The second-order valence-electron chi connectivity index (χ2n) is 12.5. The molecule has 1 amide bonds. The van der Waals surface area contributed by atoms with Crippen LogP contribution in [-0.4, -0.2) is 67.0 Å². The molecule has 0 aliphatic carbocycles. The molecule has 1 heterocycles. The van der Waals surface area contributed by atoms with E-state index >= 15 is 0 Å². The molecule has 11 nitrogen and oxygen atoms in total. The molecule has 4 N–H and O–H groups in total. The third kappa shape index (κ3) is 11.6. The van der Waals surface area contributed by atoms with Crippen molar-refractivity contribution in [3.8, 4) is 5.75 Å². The van der Waals surface area contributed by atoms with E-state index in [0.29, 0.717) is 46.7 Å². The summed E-state index contributed by atoms with van der Waals surface area (Å²) in [6.45, 7) is 15.7. The fourth-order valence-electron chi connectivity index (χ4n) is 4.72. The molecule has 1 aromatic heterocycles. The van der Waals surface area contributed by atoms with Gasteiger partial charge in [-0.25, -0.2) is 4.98 Å². The van der Waals surface area contributed by atoms with Crippen LogP contribution in [0.5, 0.6) is 5.75 Å². The van der Waals surface area contributed by atoms with Crippen molar-refractivity contribution in [3.05, 3.63) is 42.5 Å². The Kier molecular flexibility index (Phi) is 12.7. The normalized spacial score (nSPS) is 13.0. The lowest BCUT2D eigenvalue weighted by molar-refractivity contribution is -0.154. The number of rotatable bonds is 16. The zero-order chi connectivity index (χ0) is 33.4. The maximum Gasteiger partial charge on any atom is 0.339 e. The number of esters is 1. The summed E-state index contributed by atoms with van der Waals surface area (Å²) in [5.74, 6) is -0.529. The standard InChI is InChI=1S/C32H47N5O6S2/c1-21(2)37(22(3)4)19-18-34-23-12-15-25(16-13-23)45(40,41)43-24-14-17-27-28(20-24)44-31(35-27)36-30(39)26(33)10-8-9-11-29(38)42-32(5,6)7/h12-17,20-22,26,34H,8-11,18-19,33H2,1-7H3,(H,35,36,39). The van der Waals surface area contributed by atoms with Crippen molar-refractivity contribution in [2.24, 2.45) is 5.73 Å². The van der Waals surface area contributed by atoms with E-state index in [1.807, 2.05) is 20.8 Å². The number of benzene rings is 2. The van der Waals surface area contributed by atoms with Gasteiger partial charge >= 0.3 is 16.1 Å². The number of anilines is 2. The van der Waals surface area contributed by atoms with E-state index in [-0.39, 0.29) is 28.9 Å². The van der Waals surface area contributed by atoms with Gasteiger partial charge in [-0.2, -0.15) is 8.42 Å². The lowest BCUT2D eigenvalue weighted by Crippen LogP contribution is -2.40. The number of nitrogens with one attached hydrogen (secondary N) is 2. The number of nitrogens with zero attached hydrogens (tertiary/aromatic N) is 2. The Morgan fingerprint density at radius 2 is 1.69 bits per heavy atom. The van der Waals surface area contributed by atoms with Gasteiger partial charge in [0.15, 0.2) is 5.13 Å². The van der Waals surface area contributed by atoms with Gasteiger partial charge in [-0.3, -0.25) is 14.5 Å². The number of hydrogen-bond donors (Lipinski definition) is 3. The molecular weight excluding hydrogens is 615 g/mol. The number of nitrogens with two attached hydrogens (primary N) is 1. The largest absolute Gasteiger partial charge is 0.460 e. The molecule has 3 aromatic rings. The van der Waals surface area contributed by atoms with Crippen molar-refractivity contribution >= 4 is 54.4 Å². The average Bonchev–Trinajstić information content (AvgIpc) is 3.33. The molecule has 45 heavy (non-hydrogen) atoms. The van der Waals surface area contributed by atoms with Crippen LogP contribution < -0.4 is 20.6 Å². The molecule has 248 valence electrons. The Bertz CT molecular complexity index is 1520. The third-order valence-electron chi connectivity index (χ3n) is 6.87. The first-order chi connectivity index (χ1) is 21.0. The van der Waals surface area contributed by atoms with Crippen LogP contribution >= 0.6 is 11.3 Å². The van der Waals surface area contributed by atoms with E-state index in [9.17, 15) is 18.0 Å². The highest BCUT2D eigenvalue weighted by atomic mass is 32.2. The van der Waals surface area contributed by atoms with E-state index in [0.717, 1.165) is 18.8 Å². The summed E-state index contributed by atoms with van der Waals surface area (Å²) in [6.07, 6.45) is 1.83. The summed E-state index contributed by atoms with van der Waals surface area (Å²) in [7, 11) is -4.07. The highest BCUT2D eigenvalue weighted by Gasteiger charge is 2.20. The molecule has 0 spiro atoms. The monoisotopic (exact) mass is 661 g/mol. The summed E-state index contributed by atoms with van der Waals surface area (Å²) in [5, 5.41) is 6.41. The van der Waals surface area contributed by atoms with Crippen LogP contribution in [0.1, 0.15) is 74.1 Å². The van der Waals surface area contributed by atoms with Crippen molar-refractivity contribution < 1.29 is 26.9 Å². The predicted molar refractivity (Wildman–Crippen MR) is 180 cm³/mol. The van der Waals surface area contributed by atoms with E-state index in [1.54, 1.807) is 24.3 Å². The number of aromatic nitrogens is 1. The molecule has 1 unspecified atom stereocenters. The Hall–Kier alpha value is -3.26. The molecule has 0 fully saturated rings. The smallest absolute Gasteiger partial charge is 0.339 e. The van der Waals surface area contributed by atoms with Gasteiger partial charge < -0.3 is 25.3 Å². The fourth-order valence-corrected chi connectivity index (χ4v) is 6.54. The van der Waals surface area contributed by atoms with Gasteiger partial charge in [0, 0.05) is 43.3 Å². The molecule has 3 rings (SSSR count). The molecule has 0 saturated heterocycles. The maximum atomic E-state index is 13.0. The fraction of sp³-hybridized carbons (Fsp3) is 0.531. The summed E-state index contributed by atoms with van der Waals surface area (Å²) in [6, 6.07) is 11.3. The Morgan fingerprint density at radius 3 is 2.31 bits per heavy atom. The molecule has 0 bridgehead atoms. The maximum absolute atomic E-state index is 13.0. The predicted octanol–water partition coefficient (Wildman–Crippen LogP) is 5.76. The number of ether oxygens (including phenoxy) is 1. The number of carbonyl (C=O) groups excluding carboxylic acids is 2. The Balaban J connectivity index is 1.52. The quantitative estimate of drug-likeness (QED) is 0.0981. The minimum absolute atomic E-state index is 0.0384. The molecule has 13 heteroatoms. The molecule has 0 radical (unpaired) electrons. The highest BCUT2D eigenvalue weighted by molar-refractivity contribution is 7.87. The van der Waals surface area contributed by atoms with E-state index in [1.165, 1.54) is 29.5 Å². The first-order valence-electron chi connectivity index (χ1n) is 15.3. The lowest BCUT2D eigenvalue weighted by Gasteiger charge is -2.30. The summed E-state index contributed by atoms with van der Waals surface area (Å²) < 4.78 is 37.3. The zero-order valence-electron chi connectivity index (χ0n) is 27.3. The van der Waals surface area contributed by atoms with E-state index in [2.05, 4.69) is 48.2 Å². The Labute approximate surface area is 271 Å². The minimum Gasteiger partial charge on any atom is -0.460 e. The van der Waals surface area contributed by atoms with Crippen LogP contribution in [0.4, 0.5) is 10.8 Å². The minimum atomic E-state index is -4.07. The van der Waals surface area contributed by atoms with Gasteiger partial charge in [-0.05, 0) is 97.7 Å². The van der Waals surface area contributed by atoms with Crippen molar-refractivity contribution in [3.63, 3.8) is 0 Å². The van der Waals surface area contributed by atoms with Crippen LogP contribution in [0.25, 0.3) is 10.2 Å². The second-order valence-corrected chi connectivity index (χ2v) is 15.1. The molecule has 0 aliphatic rings. The van der Waals surface area contributed by atoms with Crippen LogP contribution in [0.3, 0.4) is 0 Å². The molecule has 1 atom stereocenters. The first-order valence-corrected chi connectivity index (χ1v) is 17.5. The van der Waals surface area contributed by atoms with Gasteiger partial charge in [0.2, 0.25) is 5.91 Å². The van der Waals surface area contributed by atoms with Crippen LogP contribution in [0.2, 0.25) is 0 Å². The average molecular weight is 662 g/mol. The van der Waals surface area contributed by atoms with Crippen LogP contribution in [0, 0.1) is 0 Å². The van der Waals surface area contributed by atoms with E-state index in [4.69, 9.17) is 14.7 Å². The van der Waals surface area contributed by atoms with Gasteiger partial charge in [0.25, 0.3) is 0 Å². The molecule has 2 aromatic carbocycles. The Morgan fingerprint density at radius 1 is 1.02 bits per heavy atom. The molecule has 0 saturated carbocycles. The van der Waals surface area contributed by atoms with Crippen molar-refractivity contribution in [2.45, 2.75) is 103 Å². The zero-order valence-corrected chi connectivity index (χ0v) is 28.9. The van der Waals surface area contributed by atoms with Crippen LogP contribution in [-0.2, 0) is 24.4 Å². The van der Waals surface area contributed by atoms with Crippen LogP contribution in [0.15, 0.2) is 47.4 Å². The molecule has 0 aliphatic heterocycles. The van der Waals surface area contributed by atoms with Gasteiger partial charge in [-0.15, -0.1) is 0 Å². The van der Waals surface area contributed by atoms with Gasteiger partial charge in [-0.1, -0.05) is 17.8 Å². The van der Waals surface area contributed by atoms with E-state index < -0.39 is 21.8 Å². The molecular formula is C32H47N5O6S2.